The van der Waals surface area contributed by atoms with Crippen LogP contribution in [-0.4, -0.2) is 18.0 Å². The Labute approximate surface area is 126 Å². The maximum absolute atomic E-state index is 11.5. The Kier molecular flexibility index (Phi) is 4.49. The van der Waals surface area contributed by atoms with Crippen molar-refractivity contribution < 1.29 is 13.0 Å². The van der Waals surface area contributed by atoms with Crippen LogP contribution in [-0.2, 0) is 10.1 Å². The van der Waals surface area contributed by atoms with Crippen LogP contribution < -0.4 is 5.32 Å². The molecule has 0 aliphatic rings. The first-order chi connectivity index (χ1) is 9.38. The molecule has 0 saturated heterocycles. The summed E-state index contributed by atoms with van der Waals surface area (Å²) in [6.07, 6.45) is 2.87. The number of pyridine rings is 1. The predicted molar refractivity (Wildman–Crippen MR) is 78.6 cm³/mol. The third-order valence-electron chi connectivity index (χ3n) is 2.52. The molecule has 8 heteroatoms. The summed E-state index contributed by atoms with van der Waals surface area (Å²) in [6, 6.07) is 7.54. The number of nitrogens with one attached hydrogen (secondary N) is 1. The number of hydrogen-bond acceptors (Lipinski definition) is 4. The fraction of sp³-hybridized carbons (Fsp3) is 0.0833. The summed E-state index contributed by atoms with van der Waals surface area (Å²) >= 11 is 11.7. The maximum Gasteiger partial charge on any atom is 0.290 e. The van der Waals surface area contributed by atoms with E-state index in [1.807, 2.05) is 0 Å². The van der Waals surface area contributed by atoms with Crippen molar-refractivity contribution >= 4 is 39.0 Å². The first-order valence-electron chi connectivity index (χ1n) is 5.46. The van der Waals surface area contributed by atoms with Crippen LogP contribution in [0.15, 0.2) is 42.7 Å². The lowest BCUT2D eigenvalue weighted by Crippen LogP contribution is -2.20. The summed E-state index contributed by atoms with van der Waals surface area (Å²) in [7, 11) is -4.35. The lowest BCUT2D eigenvalue weighted by molar-refractivity contribution is 0.473. The van der Waals surface area contributed by atoms with E-state index in [-0.39, 0.29) is 5.02 Å². The van der Waals surface area contributed by atoms with E-state index in [9.17, 15) is 13.0 Å². The van der Waals surface area contributed by atoms with Gasteiger partial charge in [0.2, 0.25) is 0 Å². The van der Waals surface area contributed by atoms with Gasteiger partial charge in [0.1, 0.15) is 0 Å². The van der Waals surface area contributed by atoms with Gasteiger partial charge in [0, 0.05) is 18.1 Å². The van der Waals surface area contributed by atoms with E-state index in [0.717, 1.165) is 0 Å². The van der Waals surface area contributed by atoms with Crippen molar-refractivity contribution in [3.05, 3.63) is 58.3 Å². The van der Waals surface area contributed by atoms with E-state index in [0.29, 0.717) is 16.3 Å². The quantitative estimate of drug-likeness (QED) is 0.839. The summed E-state index contributed by atoms with van der Waals surface area (Å²) in [5.41, 5.74) is 0.771. The van der Waals surface area contributed by atoms with Gasteiger partial charge in [-0.25, -0.2) is 0 Å². The molecule has 0 fully saturated rings. The molecule has 0 saturated carbocycles. The first-order valence-corrected chi connectivity index (χ1v) is 7.71. The van der Waals surface area contributed by atoms with Crippen LogP contribution in [0, 0.1) is 0 Å². The molecule has 0 aliphatic heterocycles. The molecule has 20 heavy (non-hydrogen) atoms. The highest BCUT2D eigenvalue weighted by Gasteiger charge is 2.25. The van der Waals surface area contributed by atoms with Crippen LogP contribution in [0.5, 0.6) is 0 Å². The summed E-state index contributed by atoms with van der Waals surface area (Å²) in [6.45, 7) is 0. The average molecular weight is 333 g/mol. The minimum atomic E-state index is -4.35. The van der Waals surface area contributed by atoms with Crippen molar-refractivity contribution in [2.45, 2.75) is 5.37 Å². The smallest absolute Gasteiger partial charge is 0.290 e. The molecule has 0 bridgehead atoms. The summed E-state index contributed by atoms with van der Waals surface area (Å²) in [5.74, 6) is 0. The Morgan fingerprint density at radius 1 is 1.10 bits per heavy atom. The number of aromatic nitrogens is 1. The molecule has 1 heterocycles. The minimum absolute atomic E-state index is 0.278. The highest BCUT2D eigenvalue weighted by Crippen LogP contribution is 2.29. The molecule has 106 valence electrons. The Bertz CT molecular complexity index is 708. The lowest BCUT2D eigenvalue weighted by atomic mass is 10.2. The van der Waals surface area contributed by atoms with Crippen LogP contribution in [0.2, 0.25) is 10.0 Å². The molecule has 2 aromatic rings. The number of anilines is 1. The standard InChI is InChI=1S/C12H10Cl2N2O3S/c13-10-2-1-9(7-11(10)14)16-12(20(17,18)19)8-3-5-15-6-4-8/h1-7,12,16H,(H,17,18,19). The second kappa shape index (κ2) is 5.97. The van der Waals surface area contributed by atoms with Gasteiger partial charge in [0.15, 0.2) is 5.37 Å². The Morgan fingerprint density at radius 2 is 1.75 bits per heavy atom. The second-order valence-electron chi connectivity index (χ2n) is 3.95. The van der Waals surface area contributed by atoms with E-state index in [1.165, 1.54) is 36.7 Å². The minimum Gasteiger partial charge on any atom is -0.363 e. The fourth-order valence-corrected chi connectivity index (χ4v) is 2.69. The van der Waals surface area contributed by atoms with Crippen molar-refractivity contribution in [3.63, 3.8) is 0 Å². The molecule has 1 unspecified atom stereocenters. The zero-order chi connectivity index (χ0) is 14.8. The van der Waals surface area contributed by atoms with Crippen molar-refractivity contribution in [1.82, 2.24) is 4.98 Å². The zero-order valence-corrected chi connectivity index (χ0v) is 12.3. The molecule has 1 aromatic carbocycles. The summed E-state index contributed by atoms with van der Waals surface area (Å²) < 4.78 is 32.3. The van der Waals surface area contributed by atoms with Crippen LogP contribution in [0.4, 0.5) is 5.69 Å². The Morgan fingerprint density at radius 3 is 2.30 bits per heavy atom. The van der Waals surface area contributed by atoms with E-state index in [2.05, 4.69) is 10.3 Å². The molecule has 2 rings (SSSR count). The third-order valence-corrected chi connectivity index (χ3v) is 4.25. The Hall–Kier alpha value is -1.34. The first kappa shape index (κ1) is 15.1. The fourth-order valence-electron chi connectivity index (χ4n) is 1.61. The number of hydrogen-bond donors (Lipinski definition) is 2. The zero-order valence-electron chi connectivity index (χ0n) is 9.99. The lowest BCUT2D eigenvalue weighted by Gasteiger charge is -2.17. The van der Waals surface area contributed by atoms with Crippen LogP contribution >= 0.6 is 23.2 Å². The molecule has 2 N–H and O–H groups in total. The molecule has 0 spiro atoms. The molecule has 5 nitrogen and oxygen atoms in total. The van der Waals surface area contributed by atoms with E-state index >= 15 is 0 Å². The topological polar surface area (TPSA) is 79.3 Å². The predicted octanol–water partition coefficient (Wildman–Crippen LogP) is 3.39. The molecular weight excluding hydrogens is 323 g/mol. The molecule has 0 radical (unpaired) electrons. The van der Waals surface area contributed by atoms with Crippen molar-refractivity contribution in [3.8, 4) is 0 Å². The second-order valence-corrected chi connectivity index (χ2v) is 6.26. The molecule has 0 aliphatic carbocycles. The third kappa shape index (κ3) is 3.61. The van der Waals surface area contributed by atoms with Gasteiger partial charge in [-0.2, -0.15) is 8.42 Å². The number of halogens is 2. The molecule has 1 aromatic heterocycles. The number of benzene rings is 1. The molecule has 1 atom stereocenters. The maximum atomic E-state index is 11.5. The van der Waals surface area contributed by atoms with Crippen molar-refractivity contribution in [1.29, 1.82) is 0 Å². The highest BCUT2D eigenvalue weighted by molar-refractivity contribution is 7.86. The monoisotopic (exact) mass is 332 g/mol. The highest BCUT2D eigenvalue weighted by atomic mass is 35.5. The van der Waals surface area contributed by atoms with Gasteiger partial charge in [-0.05, 0) is 35.9 Å². The van der Waals surface area contributed by atoms with Gasteiger partial charge in [-0.3, -0.25) is 9.54 Å². The van der Waals surface area contributed by atoms with Gasteiger partial charge in [0.05, 0.1) is 10.0 Å². The number of nitrogens with zero attached hydrogens (tertiary/aromatic N) is 1. The number of rotatable bonds is 4. The molecule has 0 amide bonds. The average Bonchev–Trinajstić information content (AvgIpc) is 2.39. The summed E-state index contributed by atoms with van der Waals surface area (Å²) in [4.78, 5) is 3.80. The van der Waals surface area contributed by atoms with E-state index in [1.54, 1.807) is 6.07 Å². The molecular formula is C12H10Cl2N2O3S. The van der Waals surface area contributed by atoms with E-state index < -0.39 is 15.5 Å². The van der Waals surface area contributed by atoms with Crippen LogP contribution in [0.25, 0.3) is 0 Å². The van der Waals surface area contributed by atoms with Crippen LogP contribution in [0.3, 0.4) is 0 Å². The Balaban J connectivity index is 2.37. The van der Waals surface area contributed by atoms with Crippen molar-refractivity contribution in [2.75, 3.05) is 5.32 Å². The van der Waals surface area contributed by atoms with Gasteiger partial charge in [0.25, 0.3) is 10.1 Å². The van der Waals surface area contributed by atoms with Gasteiger partial charge < -0.3 is 5.32 Å². The van der Waals surface area contributed by atoms with Gasteiger partial charge >= 0.3 is 0 Å². The largest absolute Gasteiger partial charge is 0.363 e. The van der Waals surface area contributed by atoms with E-state index in [4.69, 9.17) is 23.2 Å². The summed E-state index contributed by atoms with van der Waals surface area (Å²) in [5, 5.41) is 2.01. The SMILES string of the molecule is O=S(=O)(O)C(Nc1ccc(Cl)c(Cl)c1)c1ccncc1. The van der Waals surface area contributed by atoms with Gasteiger partial charge in [-0.1, -0.05) is 23.2 Å². The normalized spacial score (nSPS) is 12.9. The van der Waals surface area contributed by atoms with Crippen molar-refractivity contribution in [2.24, 2.45) is 0 Å². The van der Waals surface area contributed by atoms with Crippen LogP contribution in [0.1, 0.15) is 10.9 Å². The van der Waals surface area contributed by atoms with Gasteiger partial charge in [-0.15, -0.1) is 0 Å².